The minimum atomic E-state index is -0.793. The van der Waals surface area contributed by atoms with Gasteiger partial charge >= 0.3 is 5.97 Å². The van der Waals surface area contributed by atoms with Crippen molar-refractivity contribution >= 4 is 11.9 Å². The van der Waals surface area contributed by atoms with Crippen molar-refractivity contribution in [2.75, 3.05) is 6.61 Å². The second-order valence-electron chi connectivity index (χ2n) is 15.8. The number of carbonyl (C=O) groups excluding carboxylic acids is 2. The first-order valence-electron chi connectivity index (χ1n) is 23.4. The zero-order chi connectivity index (χ0) is 40.3. The topological polar surface area (TPSA) is 95.9 Å². The van der Waals surface area contributed by atoms with Gasteiger partial charge in [-0.3, -0.25) is 9.59 Å². The second-order valence-corrected chi connectivity index (χ2v) is 15.8. The molecule has 0 heterocycles. The molecule has 6 heteroatoms. The summed E-state index contributed by atoms with van der Waals surface area (Å²) in [6.07, 6.45) is 50.3. The molecular weight excluding hydrogens is 683 g/mol. The molecule has 6 nitrogen and oxygen atoms in total. The van der Waals surface area contributed by atoms with Crippen LogP contribution in [0.4, 0.5) is 0 Å². The minimum Gasteiger partial charge on any atom is -0.462 e. The molecule has 0 saturated carbocycles. The maximum Gasteiger partial charge on any atom is 0.306 e. The van der Waals surface area contributed by atoms with E-state index in [1.807, 2.05) is 0 Å². The van der Waals surface area contributed by atoms with E-state index in [0.29, 0.717) is 19.3 Å². The molecule has 0 bridgehead atoms. The number of ether oxygens (including phenoxy) is 1. The summed E-state index contributed by atoms with van der Waals surface area (Å²) >= 11 is 0. The number of unbranched alkanes of at least 4 members (excludes halogenated alkanes) is 23. The van der Waals surface area contributed by atoms with Crippen molar-refractivity contribution in [3.8, 4) is 0 Å². The molecule has 0 aromatic heterocycles. The summed E-state index contributed by atoms with van der Waals surface area (Å²) in [5.74, 6) is -0.518. The van der Waals surface area contributed by atoms with Crippen molar-refractivity contribution in [1.29, 1.82) is 0 Å². The van der Waals surface area contributed by atoms with Crippen molar-refractivity contribution < 1.29 is 24.5 Å². The largest absolute Gasteiger partial charge is 0.462 e. The zero-order valence-electron chi connectivity index (χ0n) is 36.3. The van der Waals surface area contributed by atoms with Gasteiger partial charge in [0.1, 0.15) is 6.10 Å². The van der Waals surface area contributed by atoms with Crippen molar-refractivity contribution in [2.45, 2.75) is 244 Å². The molecule has 0 aromatic carbocycles. The highest BCUT2D eigenvalue weighted by molar-refractivity contribution is 5.77. The van der Waals surface area contributed by atoms with E-state index in [2.05, 4.69) is 74.7 Å². The molecule has 0 fully saturated rings. The number of nitrogens with one attached hydrogen (secondary N) is 1. The number of rotatable bonds is 41. The van der Waals surface area contributed by atoms with Crippen LogP contribution in [0.15, 0.2) is 48.6 Å². The van der Waals surface area contributed by atoms with E-state index in [1.54, 1.807) is 0 Å². The normalized spacial score (nSPS) is 13.8. The Morgan fingerprint density at radius 3 is 1.56 bits per heavy atom. The highest BCUT2D eigenvalue weighted by Crippen LogP contribution is 2.17. The van der Waals surface area contributed by atoms with Gasteiger partial charge in [-0.05, 0) is 64.2 Å². The van der Waals surface area contributed by atoms with Gasteiger partial charge in [-0.1, -0.05) is 198 Å². The number of amides is 1. The molecule has 55 heavy (non-hydrogen) atoms. The minimum absolute atomic E-state index is 0.0517. The fraction of sp³-hybridized carbons (Fsp3) is 0.796. The van der Waals surface area contributed by atoms with E-state index >= 15 is 0 Å². The fourth-order valence-corrected chi connectivity index (χ4v) is 6.90. The summed E-state index contributed by atoms with van der Waals surface area (Å²) in [7, 11) is 0. The maximum atomic E-state index is 13.1. The zero-order valence-corrected chi connectivity index (χ0v) is 36.3. The van der Waals surface area contributed by atoms with Crippen molar-refractivity contribution in [1.82, 2.24) is 5.32 Å². The molecule has 3 atom stereocenters. The van der Waals surface area contributed by atoms with Gasteiger partial charge in [0.2, 0.25) is 5.91 Å². The second kappa shape index (κ2) is 43.0. The molecule has 0 aliphatic carbocycles. The Labute approximate surface area is 340 Å². The number of aliphatic hydroxyl groups excluding tert-OH is 2. The maximum absolute atomic E-state index is 13.1. The predicted octanol–water partition coefficient (Wildman–Crippen LogP) is 13.5. The lowest BCUT2D eigenvalue weighted by molar-refractivity contribution is -0.151. The molecule has 0 rings (SSSR count). The third-order valence-electron chi connectivity index (χ3n) is 10.5. The summed E-state index contributed by atoms with van der Waals surface area (Å²) < 4.78 is 5.89. The highest BCUT2D eigenvalue weighted by atomic mass is 16.5. The van der Waals surface area contributed by atoms with Crippen LogP contribution in [0.5, 0.6) is 0 Å². The van der Waals surface area contributed by atoms with Crippen LogP contribution >= 0.6 is 0 Å². The van der Waals surface area contributed by atoms with Crippen LogP contribution in [-0.4, -0.2) is 46.9 Å². The number of aliphatic hydroxyl groups is 2. The van der Waals surface area contributed by atoms with Crippen LogP contribution < -0.4 is 5.32 Å². The Balaban J connectivity index is 4.63. The first-order valence-corrected chi connectivity index (χ1v) is 23.4. The standard InChI is InChI=1S/C49H89NO5/c1-4-7-10-13-16-19-21-23-24-25-27-30-33-36-39-42-49(54)55-45(40-37-34-31-29-26-22-20-17-14-11-8-5-2)43-48(53)50-46(44-51)47(52)41-38-35-32-28-18-15-12-9-6-3/h7,10,13,16,19,21,29,31,45-47,51-52H,4-6,8-9,11-12,14-15,17-18,20,22-28,30,32-44H2,1-3H3,(H,50,53)/b10-7+,16-13+,21-19+,31-29-. The lowest BCUT2D eigenvalue weighted by Crippen LogP contribution is -2.46. The first-order chi connectivity index (χ1) is 27.0. The molecule has 0 aliphatic heterocycles. The van der Waals surface area contributed by atoms with E-state index in [0.717, 1.165) is 70.6 Å². The van der Waals surface area contributed by atoms with Crippen molar-refractivity contribution in [3.63, 3.8) is 0 Å². The molecule has 0 aliphatic rings. The third-order valence-corrected chi connectivity index (χ3v) is 10.5. The Hall–Kier alpha value is -2.18. The molecule has 3 unspecified atom stereocenters. The molecule has 1 amide bonds. The van der Waals surface area contributed by atoms with Gasteiger partial charge in [0.15, 0.2) is 0 Å². The number of esters is 1. The van der Waals surface area contributed by atoms with E-state index < -0.39 is 18.2 Å². The first kappa shape index (κ1) is 52.8. The molecule has 0 saturated heterocycles. The summed E-state index contributed by atoms with van der Waals surface area (Å²) in [6.45, 7) is 6.31. The number of carbonyl (C=O) groups is 2. The predicted molar refractivity (Wildman–Crippen MR) is 236 cm³/mol. The summed E-state index contributed by atoms with van der Waals surface area (Å²) in [4.78, 5) is 26.0. The smallest absolute Gasteiger partial charge is 0.306 e. The molecule has 320 valence electrons. The average molecular weight is 772 g/mol. The van der Waals surface area contributed by atoms with Crippen molar-refractivity contribution in [3.05, 3.63) is 48.6 Å². The van der Waals surface area contributed by atoms with Gasteiger partial charge in [0.05, 0.1) is 25.2 Å². The lowest BCUT2D eigenvalue weighted by Gasteiger charge is -2.24. The van der Waals surface area contributed by atoms with Gasteiger partial charge in [-0.25, -0.2) is 0 Å². The van der Waals surface area contributed by atoms with Gasteiger partial charge in [-0.15, -0.1) is 0 Å². The third kappa shape index (κ3) is 38.5. The van der Waals surface area contributed by atoms with E-state index in [9.17, 15) is 19.8 Å². The van der Waals surface area contributed by atoms with E-state index in [4.69, 9.17) is 4.74 Å². The summed E-state index contributed by atoms with van der Waals surface area (Å²) in [5.41, 5.74) is 0. The fourth-order valence-electron chi connectivity index (χ4n) is 6.90. The lowest BCUT2D eigenvalue weighted by atomic mass is 10.0. The summed E-state index contributed by atoms with van der Waals surface area (Å²) in [5, 5.41) is 23.6. The van der Waals surface area contributed by atoms with Gasteiger partial charge in [0.25, 0.3) is 0 Å². The van der Waals surface area contributed by atoms with Crippen LogP contribution in [0.1, 0.15) is 226 Å². The molecule has 0 spiro atoms. The summed E-state index contributed by atoms with van der Waals surface area (Å²) in [6, 6.07) is -0.709. The van der Waals surface area contributed by atoms with Crippen molar-refractivity contribution in [2.24, 2.45) is 0 Å². The quantitative estimate of drug-likeness (QED) is 0.0249. The number of allylic oxidation sites excluding steroid dienone is 8. The van der Waals surface area contributed by atoms with Crippen LogP contribution in [0, 0.1) is 0 Å². The highest BCUT2D eigenvalue weighted by Gasteiger charge is 2.24. The number of hydrogen-bond donors (Lipinski definition) is 3. The van der Waals surface area contributed by atoms with Gasteiger partial charge in [0, 0.05) is 6.42 Å². The SMILES string of the molecule is CC/C=C/C=C/C=C/CCCCCCCCCC(=O)OC(CCC/C=C\CCCCCCCCC)CC(=O)NC(CO)C(O)CCCCCCCCCCC. The van der Waals surface area contributed by atoms with E-state index in [1.165, 1.54) is 109 Å². The number of hydrogen-bond acceptors (Lipinski definition) is 5. The molecule has 3 N–H and O–H groups in total. The Bertz CT molecular complexity index is 957. The van der Waals surface area contributed by atoms with Crippen LogP contribution in [0.2, 0.25) is 0 Å². The molecule has 0 aromatic rings. The Morgan fingerprint density at radius 2 is 1.02 bits per heavy atom. The van der Waals surface area contributed by atoms with Crippen LogP contribution in [0.25, 0.3) is 0 Å². The van der Waals surface area contributed by atoms with Gasteiger partial charge < -0.3 is 20.3 Å². The Kier molecular flexibility index (Phi) is 41.2. The average Bonchev–Trinajstić information content (AvgIpc) is 3.18. The Morgan fingerprint density at radius 1 is 0.545 bits per heavy atom. The van der Waals surface area contributed by atoms with Gasteiger partial charge in [-0.2, -0.15) is 0 Å². The van der Waals surface area contributed by atoms with E-state index in [-0.39, 0.29) is 24.9 Å². The molecular formula is C49H89NO5. The molecule has 0 radical (unpaired) electrons. The monoisotopic (exact) mass is 772 g/mol. The van der Waals surface area contributed by atoms with Crippen LogP contribution in [-0.2, 0) is 14.3 Å². The van der Waals surface area contributed by atoms with Crippen LogP contribution in [0.3, 0.4) is 0 Å².